The smallest absolute Gasteiger partial charge is 0.264 e. The van der Waals surface area contributed by atoms with Gasteiger partial charge in [-0.15, -0.1) is 0 Å². The summed E-state index contributed by atoms with van der Waals surface area (Å²) in [6.07, 6.45) is 0. The second kappa shape index (κ2) is 12.7. The first-order chi connectivity index (χ1) is 18.0. The summed E-state index contributed by atoms with van der Waals surface area (Å²) in [6, 6.07) is 19.6. The molecular formula is C29H34FN3O4S. The second-order valence-electron chi connectivity index (χ2n) is 9.59. The van der Waals surface area contributed by atoms with Crippen molar-refractivity contribution in [2.75, 3.05) is 17.4 Å². The third-order valence-corrected chi connectivity index (χ3v) is 7.87. The third kappa shape index (κ3) is 7.19. The van der Waals surface area contributed by atoms with Crippen LogP contribution in [0.15, 0.2) is 83.8 Å². The van der Waals surface area contributed by atoms with E-state index in [0.29, 0.717) is 12.2 Å². The zero-order chi connectivity index (χ0) is 27.9. The van der Waals surface area contributed by atoms with E-state index in [-0.39, 0.29) is 22.9 Å². The Morgan fingerprint density at radius 3 is 2.11 bits per heavy atom. The summed E-state index contributed by atoms with van der Waals surface area (Å²) in [5, 5.41) is 2.81. The maximum atomic E-state index is 14.6. The first-order valence-electron chi connectivity index (χ1n) is 12.5. The fourth-order valence-corrected chi connectivity index (χ4v) is 5.24. The van der Waals surface area contributed by atoms with Gasteiger partial charge in [0.15, 0.2) is 0 Å². The van der Waals surface area contributed by atoms with E-state index >= 15 is 0 Å². The van der Waals surface area contributed by atoms with Crippen LogP contribution in [-0.4, -0.2) is 44.3 Å². The first kappa shape index (κ1) is 28.8. The molecule has 1 N–H and O–H groups in total. The van der Waals surface area contributed by atoms with Crippen molar-refractivity contribution in [1.82, 2.24) is 10.2 Å². The van der Waals surface area contributed by atoms with Gasteiger partial charge in [0, 0.05) is 18.7 Å². The minimum atomic E-state index is -4.13. The molecule has 3 aromatic rings. The Morgan fingerprint density at radius 1 is 0.895 bits per heavy atom. The summed E-state index contributed by atoms with van der Waals surface area (Å²) in [6.45, 7) is 6.95. The lowest BCUT2D eigenvalue weighted by Crippen LogP contribution is -2.51. The number of nitrogens with zero attached hydrogens (tertiary/aromatic N) is 2. The van der Waals surface area contributed by atoms with Gasteiger partial charge in [0.2, 0.25) is 11.8 Å². The number of nitrogens with one attached hydrogen (secondary N) is 1. The van der Waals surface area contributed by atoms with Crippen molar-refractivity contribution in [1.29, 1.82) is 0 Å². The zero-order valence-corrected chi connectivity index (χ0v) is 22.9. The lowest BCUT2D eigenvalue weighted by molar-refractivity contribution is -0.139. The standard InChI is InChI=1S/C29H34FN3O4S/c1-21(2)18-31-29(35)23(4)32(19-24-10-8-9-13-27(24)30)28(34)20-33(25-16-14-22(3)15-17-25)38(36,37)26-11-6-5-7-12-26/h5-17,21,23H,18-20H2,1-4H3,(H,31,35). The largest absolute Gasteiger partial charge is 0.354 e. The van der Waals surface area contributed by atoms with Gasteiger partial charge in [0.1, 0.15) is 18.4 Å². The van der Waals surface area contributed by atoms with Crippen molar-refractivity contribution in [2.45, 2.75) is 45.2 Å². The zero-order valence-electron chi connectivity index (χ0n) is 22.1. The molecule has 7 nitrogen and oxygen atoms in total. The molecule has 9 heteroatoms. The van der Waals surface area contributed by atoms with E-state index in [1.807, 2.05) is 20.8 Å². The van der Waals surface area contributed by atoms with E-state index in [0.717, 1.165) is 9.87 Å². The van der Waals surface area contributed by atoms with Crippen LogP contribution in [0.1, 0.15) is 31.9 Å². The maximum Gasteiger partial charge on any atom is 0.264 e. The van der Waals surface area contributed by atoms with Gasteiger partial charge in [0.25, 0.3) is 10.0 Å². The summed E-state index contributed by atoms with van der Waals surface area (Å²) in [7, 11) is -4.13. The molecule has 1 unspecified atom stereocenters. The van der Waals surface area contributed by atoms with Crippen molar-refractivity contribution >= 4 is 27.5 Å². The van der Waals surface area contributed by atoms with Gasteiger partial charge in [-0.05, 0) is 50.1 Å². The summed E-state index contributed by atoms with van der Waals surface area (Å²) in [5.74, 6) is -1.38. The predicted octanol–water partition coefficient (Wildman–Crippen LogP) is 4.52. The number of carbonyl (C=O) groups is 2. The normalized spacial score (nSPS) is 12.2. The molecule has 0 aliphatic heterocycles. The number of anilines is 1. The third-order valence-electron chi connectivity index (χ3n) is 6.08. The SMILES string of the molecule is Cc1ccc(N(CC(=O)N(Cc2ccccc2F)C(C)C(=O)NCC(C)C)S(=O)(=O)c2ccccc2)cc1. The van der Waals surface area contributed by atoms with E-state index in [1.54, 1.807) is 55.5 Å². The molecule has 0 heterocycles. The van der Waals surface area contributed by atoms with Gasteiger partial charge in [-0.3, -0.25) is 13.9 Å². The highest BCUT2D eigenvalue weighted by atomic mass is 32.2. The molecule has 38 heavy (non-hydrogen) atoms. The molecule has 0 aliphatic carbocycles. The Hall–Kier alpha value is -3.72. The maximum absolute atomic E-state index is 14.6. The van der Waals surface area contributed by atoms with Crippen molar-refractivity contribution in [2.24, 2.45) is 5.92 Å². The minimum absolute atomic E-state index is 0.0248. The molecule has 3 rings (SSSR count). The van der Waals surface area contributed by atoms with Crippen LogP contribution in [0, 0.1) is 18.7 Å². The molecule has 0 aromatic heterocycles. The van der Waals surface area contributed by atoms with Crippen molar-refractivity contribution in [3.05, 3.63) is 95.8 Å². The fourth-order valence-electron chi connectivity index (χ4n) is 3.80. The number of hydrogen-bond donors (Lipinski definition) is 1. The van der Waals surface area contributed by atoms with Gasteiger partial charge in [-0.25, -0.2) is 12.8 Å². The number of hydrogen-bond acceptors (Lipinski definition) is 4. The van der Waals surface area contributed by atoms with Crippen LogP contribution < -0.4 is 9.62 Å². The highest BCUT2D eigenvalue weighted by Crippen LogP contribution is 2.25. The van der Waals surface area contributed by atoms with Crippen LogP contribution in [-0.2, 0) is 26.2 Å². The van der Waals surface area contributed by atoms with Gasteiger partial charge >= 0.3 is 0 Å². The number of carbonyl (C=O) groups excluding carboxylic acids is 2. The Labute approximate surface area is 224 Å². The average Bonchev–Trinajstić information content (AvgIpc) is 2.90. The molecule has 0 radical (unpaired) electrons. The van der Waals surface area contributed by atoms with Crippen LogP contribution in [0.4, 0.5) is 10.1 Å². The number of benzene rings is 3. The summed E-state index contributed by atoms with van der Waals surface area (Å²) < 4.78 is 43.0. The Balaban J connectivity index is 2.00. The van der Waals surface area contributed by atoms with E-state index in [1.165, 1.54) is 35.2 Å². The van der Waals surface area contributed by atoms with Crippen LogP contribution in [0.25, 0.3) is 0 Å². The minimum Gasteiger partial charge on any atom is -0.354 e. The molecule has 0 aliphatic rings. The average molecular weight is 540 g/mol. The molecule has 202 valence electrons. The van der Waals surface area contributed by atoms with E-state index < -0.39 is 40.2 Å². The van der Waals surface area contributed by atoms with E-state index in [9.17, 15) is 22.4 Å². The number of sulfonamides is 1. The van der Waals surface area contributed by atoms with Crippen LogP contribution >= 0.6 is 0 Å². The number of amides is 2. The summed E-state index contributed by atoms with van der Waals surface area (Å²) in [5.41, 5.74) is 1.45. The first-order valence-corrected chi connectivity index (χ1v) is 13.9. The van der Waals surface area contributed by atoms with Gasteiger partial charge in [-0.1, -0.05) is 67.9 Å². The quantitative estimate of drug-likeness (QED) is 0.388. The van der Waals surface area contributed by atoms with Crippen LogP contribution in [0.2, 0.25) is 0 Å². The highest BCUT2D eigenvalue weighted by Gasteiger charge is 2.32. The van der Waals surface area contributed by atoms with Gasteiger partial charge in [0.05, 0.1) is 10.6 Å². The molecule has 0 bridgehead atoms. The molecule has 3 aromatic carbocycles. The molecule has 0 spiro atoms. The van der Waals surface area contributed by atoms with Crippen molar-refractivity contribution in [3.8, 4) is 0 Å². The topological polar surface area (TPSA) is 86.8 Å². The lowest BCUT2D eigenvalue weighted by Gasteiger charge is -2.32. The van der Waals surface area contributed by atoms with Gasteiger partial charge < -0.3 is 10.2 Å². The Morgan fingerprint density at radius 2 is 1.50 bits per heavy atom. The molecule has 0 saturated carbocycles. The van der Waals surface area contributed by atoms with Gasteiger partial charge in [-0.2, -0.15) is 0 Å². The van der Waals surface area contributed by atoms with Crippen molar-refractivity contribution < 1.29 is 22.4 Å². The highest BCUT2D eigenvalue weighted by molar-refractivity contribution is 7.92. The van der Waals surface area contributed by atoms with Crippen molar-refractivity contribution in [3.63, 3.8) is 0 Å². The summed E-state index contributed by atoms with van der Waals surface area (Å²) in [4.78, 5) is 28.0. The molecular weight excluding hydrogens is 505 g/mol. The van der Waals surface area contributed by atoms with E-state index in [2.05, 4.69) is 5.32 Å². The summed E-state index contributed by atoms with van der Waals surface area (Å²) >= 11 is 0. The van der Waals surface area contributed by atoms with E-state index in [4.69, 9.17) is 0 Å². The fraction of sp³-hybridized carbons (Fsp3) is 0.310. The monoisotopic (exact) mass is 539 g/mol. The number of aryl methyl sites for hydroxylation is 1. The molecule has 0 saturated heterocycles. The Kier molecular flexibility index (Phi) is 9.63. The molecule has 2 amide bonds. The number of halogens is 1. The molecule has 0 fully saturated rings. The molecule has 1 atom stereocenters. The number of rotatable bonds is 11. The van der Waals surface area contributed by atoms with Crippen LogP contribution in [0.3, 0.4) is 0 Å². The lowest BCUT2D eigenvalue weighted by atomic mass is 10.1. The second-order valence-corrected chi connectivity index (χ2v) is 11.5. The predicted molar refractivity (Wildman–Crippen MR) is 146 cm³/mol. The Bertz CT molecular complexity index is 1350. The van der Waals surface area contributed by atoms with Crippen LogP contribution in [0.5, 0.6) is 0 Å².